The second-order valence-corrected chi connectivity index (χ2v) is 7.22. The van der Waals surface area contributed by atoms with Gasteiger partial charge in [-0.05, 0) is 25.7 Å². The number of rotatable bonds is 4. The van der Waals surface area contributed by atoms with Gasteiger partial charge in [0.2, 0.25) is 10.0 Å². The summed E-state index contributed by atoms with van der Waals surface area (Å²) in [6.45, 7) is 5.97. The van der Waals surface area contributed by atoms with Gasteiger partial charge in [0.15, 0.2) is 0 Å². The number of hydrogen-bond acceptors (Lipinski definition) is 4. The van der Waals surface area contributed by atoms with Crippen LogP contribution in [0, 0.1) is 12.8 Å². The van der Waals surface area contributed by atoms with Crippen molar-refractivity contribution in [2.45, 2.75) is 51.2 Å². The molecule has 1 aliphatic heterocycles. The normalized spacial score (nSPS) is 21.4. The van der Waals surface area contributed by atoms with E-state index in [1.165, 1.54) is 6.07 Å². The molecule has 0 aliphatic carbocycles. The highest BCUT2D eigenvalue weighted by Gasteiger charge is 2.38. The van der Waals surface area contributed by atoms with Gasteiger partial charge in [-0.1, -0.05) is 13.8 Å². The molecule has 0 spiro atoms. The molecule has 19 heavy (non-hydrogen) atoms. The lowest BCUT2D eigenvalue weighted by Crippen LogP contribution is -2.38. The van der Waals surface area contributed by atoms with Gasteiger partial charge < -0.3 is 9.52 Å². The lowest BCUT2D eigenvalue weighted by molar-refractivity contribution is 0.244. The molecule has 1 N–H and O–H groups in total. The molecule has 1 unspecified atom stereocenters. The summed E-state index contributed by atoms with van der Waals surface area (Å²) in [6.07, 6.45) is 1.80. The maximum Gasteiger partial charge on any atom is 0.246 e. The summed E-state index contributed by atoms with van der Waals surface area (Å²) in [7, 11) is -3.52. The lowest BCUT2D eigenvalue weighted by atomic mass is 10.0. The van der Waals surface area contributed by atoms with E-state index in [1.54, 1.807) is 11.2 Å². The van der Waals surface area contributed by atoms with E-state index in [0.717, 1.165) is 12.8 Å². The van der Waals surface area contributed by atoms with Crippen molar-refractivity contribution in [2.75, 3.05) is 6.54 Å². The Labute approximate surface area is 114 Å². The van der Waals surface area contributed by atoms with Gasteiger partial charge in [0.25, 0.3) is 0 Å². The van der Waals surface area contributed by atoms with Crippen LogP contribution in [0.2, 0.25) is 0 Å². The Bertz CT molecular complexity index is 547. The Morgan fingerprint density at radius 3 is 2.74 bits per heavy atom. The zero-order valence-electron chi connectivity index (χ0n) is 11.6. The van der Waals surface area contributed by atoms with Crippen molar-refractivity contribution in [3.8, 4) is 0 Å². The number of aliphatic hydroxyl groups is 1. The smallest absolute Gasteiger partial charge is 0.246 e. The van der Waals surface area contributed by atoms with Crippen LogP contribution in [0.1, 0.15) is 38.2 Å². The largest absolute Gasteiger partial charge is 0.462 e. The molecule has 1 aromatic rings. The molecular weight excluding hydrogens is 266 g/mol. The summed E-state index contributed by atoms with van der Waals surface area (Å²) < 4.78 is 32.2. The van der Waals surface area contributed by atoms with E-state index < -0.39 is 10.0 Å². The topological polar surface area (TPSA) is 70.8 Å². The van der Waals surface area contributed by atoms with Crippen molar-refractivity contribution in [1.82, 2.24) is 4.31 Å². The van der Waals surface area contributed by atoms with E-state index in [2.05, 4.69) is 0 Å². The minimum Gasteiger partial charge on any atom is -0.462 e. The van der Waals surface area contributed by atoms with Crippen molar-refractivity contribution in [3.05, 3.63) is 17.6 Å². The molecule has 1 fully saturated rings. The predicted molar refractivity (Wildman–Crippen MR) is 71.1 cm³/mol. The number of sulfonamides is 1. The Balaban J connectivity index is 2.39. The first-order valence-corrected chi connectivity index (χ1v) is 8.04. The van der Waals surface area contributed by atoms with E-state index in [-0.39, 0.29) is 23.3 Å². The third kappa shape index (κ3) is 2.57. The number of nitrogens with zero attached hydrogens (tertiary/aromatic N) is 1. The van der Waals surface area contributed by atoms with Gasteiger partial charge in [0.05, 0.1) is 0 Å². The fourth-order valence-electron chi connectivity index (χ4n) is 2.71. The molecule has 0 amide bonds. The van der Waals surface area contributed by atoms with Crippen LogP contribution in [-0.4, -0.2) is 30.4 Å². The second-order valence-electron chi connectivity index (χ2n) is 5.36. The maximum atomic E-state index is 12.7. The molecular formula is C13H21NO4S. The van der Waals surface area contributed by atoms with E-state index in [0.29, 0.717) is 18.2 Å². The van der Waals surface area contributed by atoms with Gasteiger partial charge in [0.1, 0.15) is 23.0 Å². The molecule has 0 radical (unpaired) electrons. The molecule has 1 saturated heterocycles. The molecule has 1 aliphatic rings. The zero-order chi connectivity index (χ0) is 14.2. The third-order valence-electron chi connectivity index (χ3n) is 3.68. The van der Waals surface area contributed by atoms with Crippen LogP contribution >= 0.6 is 0 Å². The summed E-state index contributed by atoms with van der Waals surface area (Å²) in [5.41, 5.74) is 0. The van der Waals surface area contributed by atoms with Gasteiger partial charge in [-0.15, -0.1) is 0 Å². The Morgan fingerprint density at radius 2 is 2.21 bits per heavy atom. The summed E-state index contributed by atoms with van der Waals surface area (Å²) >= 11 is 0. The molecule has 0 aromatic carbocycles. The quantitative estimate of drug-likeness (QED) is 0.918. The SMILES string of the molecule is Cc1oc(CO)cc1S(=O)(=O)N1CCCC1C(C)C. The van der Waals surface area contributed by atoms with Crippen LogP contribution in [0.4, 0.5) is 0 Å². The van der Waals surface area contributed by atoms with Gasteiger partial charge >= 0.3 is 0 Å². The Morgan fingerprint density at radius 1 is 1.53 bits per heavy atom. The van der Waals surface area contributed by atoms with Crippen LogP contribution in [0.5, 0.6) is 0 Å². The fourth-order valence-corrected chi connectivity index (χ4v) is 4.73. The predicted octanol–water partition coefficient (Wildman–Crippen LogP) is 1.89. The molecule has 108 valence electrons. The molecule has 0 saturated carbocycles. The van der Waals surface area contributed by atoms with Crippen LogP contribution in [0.15, 0.2) is 15.4 Å². The molecule has 6 heteroatoms. The van der Waals surface area contributed by atoms with Crippen LogP contribution < -0.4 is 0 Å². The number of furan rings is 1. The Hall–Kier alpha value is -0.850. The number of aryl methyl sites for hydroxylation is 1. The molecule has 5 nitrogen and oxygen atoms in total. The monoisotopic (exact) mass is 287 g/mol. The van der Waals surface area contributed by atoms with Crippen molar-refractivity contribution >= 4 is 10.0 Å². The van der Waals surface area contributed by atoms with Gasteiger partial charge in [0, 0.05) is 18.7 Å². The van der Waals surface area contributed by atoms with Crippen molar-refractivity contribution in [2.24, 2.45) is 5.92 Å². The first-order valence-electron chi connectivity index (χ1n) is 6.60. The van der Waals surface area contributed by atoms with Crippen LogP contribution in [-0.2, 0) is 16.6 Å². The van der Waals surface area contributed by atoms with Crippen molar-refractivity contribution in [1.29, 1.82) is 0 Å². The highest BCUT2D eigenvalue weighted by Crippen LogP contribution is 2.32. The summed E-state index contributed by atoms with van der Waals surface area (Å²) in [4.78, 5) is 0.184. The second kappa shape index (κ2) is 5.26. The minimum absolute atomic E-state index is 0.0527. The van der Waals surface area contributed by atoms with Crippen LogP contribution in [0.25, 0.3) is 0 Å². The highest BCUT2D eigenvalue weighted by molar-refractivity contribution is 7.89. The first-order chi connectivity index (χ1) is 8.87. The Kier molecular flexibility index (Phi) is 4.03. The molecule has 1 aromatic heterocycles. The average molecular weight is 287 g/mol. The van der Waals surface area contributed by atoms with E-state index >= 15 is 0 Å². The van der Waals surface area contributed by atoms with Crippen LogP contribution in [0.3, 0.4) is 0 Å². The van der Waals surface area contributed by atoms with Crippen molar-refractivity contribution < 1.29 is 17.9 Å². The maximum absolute atomic E-state index is 12.7. The van der Waals surface area contributed by atoms with E-state index in [9.17, 15) is 8.42 Å². The third-order valence-corrected chi connectivity index (χ3v) is 5.72. The van der Waals surface area contributed by atoms with E-state index in [4.69, 9.17) is 9.52 Å². The summed E-state index contributed by atoms with van der Waals surface area (Å²) in [6, 6.07) is 1.48. The molecule has 2 heterocycles. The van der Waals surface area contributed by atoms with Gasteiger partial charge in [-0.25, -0.2) is 8.42 Å². The number of aliphatic hydroxyl groups excluding tert-OH is 1. The number of hydrogen-bond donors (Lipinski definition) is 1. The molecule has 2 rings (SSSR count). The van der Waals surface area contributed by atoms with E-state index in [1.807, 2.05) is 13.8 Å². The standard InChI is InChI=1S/C13H21NO4S/c1-9(2)12-5-4-6-14(12)19(16,17)13-7-11(8-15)18-10(13)3/h7,9,12,15H,4-6,8H2,1-3H3. The van der Waals surface area contributed by atoms with Gasteiger partial charge in [-0.2, -0.15) is 4.31 Å². The van der Waals surface area contributed by atoms with Crippen molar-refractivity contribution in [3.63, 3.8) is 0 Å². The summed E-state index contributed by atoms with van der Waals surface area (Å²) in [5.74, 6) is 0.927. The summed E-state index contributed by atoms with van der Waals surface area (Å²) in [5, 5.41) is 9.04. The first kappa shape index (κ1) is 14.6. The van der Waals surface area contributed by atoms with Gasteiger partial charge in [-0.3, -0.25) is 0 Å². The molecule has 0 bridgehead atoms. The highest BCUT2D eigenvalue weighted by atomic mass is 32.2. The minimum atomic E-state index is -3.52. The molecule has 1 atom stereocenters. The zero-order valence-corrected chi connectivity index (χ0v) is 12.4. The lowest BCUT2D eigenvalue weighted by Gasteiger charge is -2.26. The fraction of sp³-hybridized carbons (Fsp3) is 0.692. The average Bonchev–Trinajstić information content (AvgIpc) is 2.94.